The van der Waals surface area contributed by atoms with E-state index >= 15 is 0 Å². The number of nitrogens with one attached hydrogen (secondary N) is 1. The van der Waals surface area contributed by atoms with E-state index in [1.807, 2.05) is 7.11 Å². The summed E-state index contributed by atoms with van der Waals surface area (Å²) in [5.74, 6) is 1.08. The highest BCUT2D eigenvalue weighted by molar-refractivity contribution is 6.20. The minimum atomic E-state index is 0.172. The first kappa shape index (κ1) is 17.5. The molecule has 2 heterocycles. The minimum absolute atomic E-state index is 0.172. The quantitative estimate of drug-likeness (QED) is 0.780. The smallest absolute Gasteiger partial charge is 0.147 e. The lowest BCUT2D eigenvalue weighted by Gasteiger charge is -2.43. The Morgan fingerprint density at radius 1 is 1.08 bits per heavy atom. The molecule has 0 aromatic carbocycles. The maximum absolute atomic E-state index is 6.59. The van der Waals surface area contributed by atoms with Crippen LogP contribution in [0.4, 0.5) is 0 Å². The molecule has 0 radical (unpaired) electrons. The summed E-state index contributed by atoms with van der Waals surface area (Å²) in [4.78, 5) is 0. The lowest BCUT2D eigenvalue weighted by atomic mass is 9.78. The average Bonchev–Trinajstić information content (AvgIpc) is 3.05. The van der Waals surface area contributed by atoms with Gasteiger partial charge in [0.1, 0.15) is 6.79 Å². The van der Waals surface area contributed by atoms with Crippen molar-refractivity contribution >= 4 is 11.6 Å². The Morgan fingerprint density at radius 2 is 1.92 bits per heavy atom. The van der Waals surface area contributed by atoms with E-state index in [2.05, 4.69) is 5.32 Å². The Balaban J connectivity index is 1.26. The van der Waals surface area contributed by atoms with Crippen LogP contribution in [-0.2, 0) is 18.9 Å². The monoisotopic (exact) mass is 359 g/mol. The van der Waals surface area contributed by atoms with Crippen LogP contribution in [-0.4, -0.2) is 62.9 Å². The van der Waals surface area contributed by atoms with Gasteiger partial charge < -0.3 is 24.3 Å². The van der Waals surface area contributed by atoms with Crippen molar-refractivity contribution in [2.75, 3.05) is 27.1 Å². The van der Waals surface area contributed by atoms with E-state index in [1.54, 1.807) is 0 Å². The number of hydrogen-bond donors (Lipinski definition) is 1. The Morgan fingerprint density at radius 3 is 2.75 bits per heavy atom. The van der Waals surface area contributed by atoms with Gasteiger partial charge in [0.2, 0.25) is 0 Å². The maximum atomic E-state index is 6.59. The number of fused-ring (bicyclic) bond motifs is 2. The van der Waals surface area contributed by atoms with Crippen LogP contribution in [0, 0.1) is 11.8 Å². The molecule has 1 N–H and O–H groups in total. The van der Waals surface area contributed by atoms with E-state index in [1.165, 1.54) is 19.3 Å². The molecular formula is C18H30ClNO4. The molecule has 24 heavy (non-hydrogen) atoms. The summed E-state index contributed by atoms with van der Waals surface area (Å²) in [5, 5.41) is 3.89. The molecule has 5 nitrogen and oxygen atoms in total. The molecule has 4 aliphatic rings. The fourth-order valence-electron chi connectivity index (χ4n) is 5.02. The van der Waals surface area contributed by atoms with Crippen LogP contribution in [0.2, 0.25) is 0 Å². The average molecular weight is 360 g/mol. The second-order valence-corrected chi connectivity index (χ2v) is 8.44. The molecule has 4 fully saturated rings. The second kappa shape index (κ2) is 7.77. The predicted molar refractivity (Wildman–Crippen MR) is 91.3 cm³/mol. The molecule has 8 unspecified atom stereocenters. The van der Waals surface area contributed by atoms with Crippen molar-refractivity contribution in [1.82, 2.24) is 5.32 Å². The number of rotatable bonds is 4. The topological polar surface area (TPSA) is 49.0 Å². The van der Waals surface area contributed by atoms with Crippen LogP contribution < -0.4 is 5.32 Å². The van der Waals surface area contributed by atoms with Crippen LogP contribution in [0.5, 0.6) is 0 Å². The second-order valence-electron chi connectivity index (χ2n) is 7.88. The summed E-state index contributed by atoms with van der Waals surface area (Å²) < 4.78 is 23.1. The first-order valence-electron chi connectivity index (χ1n) is 9.49. The molecule has 0 spiro atoms. The summed E-state index contributed by atoms with van der Waals surface area (Å²) >= 11 is 6.59. The molecule has 0 amide bonds. The highest BCUT2D eigenvalue weighted by atomic mass is 35.5. The predicted octanol–water partition coefficient (Wildman–Crippen LogP) is 2.31. The summed E-state index contributed by atoms with van der Waals surface area (Å²) in [6, 6.07) is 0.434. The Hall–Kier alpha value is 0.0900. The van der Waals surface area contributed by atoms with Crippen LogP contribution >= 0.6 is 11.6 Å². The molecule has 0 aromatic heterocycles. The molecule has 0 bridgehead atoms. The molecule has 8 atom stereocenters. The Bertz CT molecular complexity index is 426. The fraction of sp³-hybridized carbons (Fsp3) is 1.00. The van der Waals surface area contributed by atoms with Gasteiger partial charge in [0.15, 0.2) is 0 Å². The molecule has 6 heteroatoms. The molecule has 0 aromatic rings. The van der Waals surface area contributed by atoms with Gasteiger partial charge in [0.25, 0.3) is 0 Å². The van der Waals surface area contributed by atoms with Gasteiger partial charge in [0.05, 0.1) is 31.0 Å². The molecule has 2 saturated carbocycles. The highest BCUT2D eigenvalue weighted by Crippen LogP contribution is 2.37. The molecule has 2 saturated heterocycles. The first-order valence-corrected chi connectivity index (χ1v) is 9.93. The van der Waals surface area contributed by atoms with E-state index < -0.39 is 0 Å². The number of methoxy groups -OCH3 is 1. The normalized spacial score (nSPS) is 48.8. The number of halogens is 1. The molecule has 2 aliphatic heterocycles. The third-order valence-corrected chi connectivity index (χ3v) is 6.96. The number of alkyl halides is 1. The fourth-order valence-corrected chi connectivity index (χ4v) is 5.39. The minimum Gasteiger partial charge on any atom is -0.379 e. The van der Waals surface area contributed by atoms with E-state index in [0.29, 0.717) is 30.8 Å². The van der Waals surface area contributed by atoms with Crippen molar-refractivity contribution in [3.05, 3.63) is 0 Å². The number of hydrogen-bond acceptors (Lipinski definition) is 5. The standard InChI is InChI=1S/C18H30ClNO4/c1-21-15-4-2-3-11-5-13(9-22-18(11)15)20-8-12-6-16-17(7-14(12)19)24-10-23-16/h11-18,20H,2-10H2,1H3. The first-order chi connectivity index (χ1) is 11.7. The lowest BCUT2D eigenvalue weighted by molar-refractivity contribution is -0.135. The van der Waals surface area contributed by atoms with E-state index in [-0.39, 0.29) is 23.7 Å². The van der Waals surface area contributed by atoms with Crippen LogP contribution in [0.1, 0.15) is 38.5 Å². The van der Waals surface area contributed by atoms with Gasteiger partial charge in [-0.1, -0.05) is 6.42 Å². The van der Waals surface area contributed by atoms with Crippen molar-refractivity contribution in [2.24, 2.45) is 11.8 Å². The third-order valence-electron chi connectivity index (χ3n) is 6.43. The lowest BCUT2D eigenvalue weighted by Crippen LogP contribution is -2.52. The zero-order chi connectivity index (χ0) is 16.5. The van der Waals surface area contributed by atoms with Crippen molar-refractivity contribution in [1.29, 1.82) is 0 Å². The summed E-state index contributed by atoms with van der Waals surface area (Å²) in [6.07, 6.45) is 7.76. The zero-order valence-corrected chi connectivity index (χ0v) is 15.2. The van der Waals surface area contributed by atoms with Gasteiger partial charge in [-0.05, 0) is 50.5 Å². The summed E-state index contributed by atoms with van der Waals surface area (Å²) in [5.41, 5.74) is 0. The highest BCUT2D eigenvalue weighted by Gasteiger charge is 2.42. The van der Waals surface area contributed by atoms with Crippen molar-refractivity contribution in [3.8, 4) is 0 Å². The molecule has 138 valence electrons. The SMILES string of the molecule is COC1CCCC2CC(NCC3CC4OCOC4CC3Cl)COC21. The van der Waals surface area contributed by atoms with E-state index in [4.69, 9.17) is 30.5 Å². The van der Waals surface area contributed by atoms with Gasteiger partial charge in [0, 0.05) is 18.5 Å². The molecule has 4 rings (SSSR count). The van der Waals surface area contributed by atoms with Crippen LogP contribution in [0.15, 0.2) is 0 Å². The van der Waals surface area contributed by atoms with Gasteiger partial charge in [-0.3, -0.25) is 0 Å². The Labute approximate surface area is 149 Å². The van der Waals surface area contributed by atoms with Crippen molar-refractivity contribution < 1.29 is 18.9 Å². The van der Waals surface area contributed by atoms with E-state index in [0.717, 1.165) is 32.4 Å². The van der Waals surface area contributed by atoms with Crippen LogP contribution in [0.25, 0.3) is 0 Å². The van der Waals surface area contributed by atoms with E-state index in [9.17, 15) is 0 Å². The van der Waals surface area contributed by atoms with Crippen LogP contribution in [0.3, 0.4) is 0 Å². The molecule has 2 aliphatic carbocycles. The van der Waals surface area contributed by atoms with Gasteiger partial charge in [-0.15, -0.1) is 11.6 Å². The maximum Gasteiger partial charge on any atom is 0.147 e. The summed E-state index contributed by atoms with van der Waals surface area (Å²) in [7, 11) is 1.81. The summed E-state index contributed by atoms with van der Waals surface area (Å²) in [6.45, 7) is 2.16. The third kappa shape index (κ3) is 3.62. The zero-order valence-electron chi connectivity index (χ0n) is 14.5. The van der Waals surface area contributed by atoms with Gasteiger partial charge in [-0.25, -0.2) is 0 Å². The number of ether oxygens (including phenoxy) is 4. The Kier molecular flexibility index (Phi) is 5.66. The van der Waals surface area contributed by atoms with Gasteiger partial charge >= 0.3 is 0 Å². The van der Waals surface area contributed by atoms with Crippen molar-refractivity contribution in [3.63, 3.8) is 0 Å². The van der Waals surface area contributed by atoms with Crippen molar-refractivity contribution in [2.45, 2.75) is 74.4 Å². The molecular weight excluding hydrogens is 330 g/mol. The largest absolute Gasteiger partial charge is 0.379 e. The van der Waals surface area contributed by atoms with Gasteiger partial charge in [-0.2, -0.15) is 0 Å².